The Morgan fingerprint density at radius 2 is 1.88 bits per heavy atom. The molecule has 0 unspecified atom stereocenters. The Morgan fingerprint density at radius 1 is 1.21 bits per heavy atom. The van der Waals surface area contributed by atoms with Crippen LogP contribution in [0.1, 0.15) is 21.6 Å². The highest BCUT2D eigenvalue weighted by Crippen LogP contribution is 2.36. The monoisotopic (exact) mass is 344 g/mol. The van der Waals surface area contributed by atoms with Crippen molar-refractivity contribution in [1.29, 1.82) is 5.26 Å². The standard InChI is InChI=1S/C17H16N2O4S/c1-9-14(17(20)23-4)15(11(8-18)16(24)19-9)10-5-6-12(21-2)13(7-10)22-3/h5-7H,1-4H3,(H,19,24). The smallest absolute Gasteiger partial charge is 0.340 e. The van der Waals surface area contributed by atoms with Gasteiger partial charge in [-0.25, -0.2) is 4.79 Å². The molecule has 0 amide bonds. The number of carbonyl (C=O) groups excluding carboxylic acids is 1. The number of esters is 1. The summed E-state index contributed by atoms with van der Waals surface area (Å²) < 4.78 is 15.6. The maximum absolute atomic E-state index is 12.2. The van der Waals surface area contributed by atoms with Gasteiger partial charge < -0.3 is 19.2 Å². The average molecular weight is 344 g/mol. The van der Waals surface area contributed by atoms with E-state index in [-0.39, 0.29) is 15.8 Å². The van der Waals surface area contributed by atoms with Gasteiger partial charge in [0.25, 0.3) is 0 Å². The Bertz CT molecular complexity index is 897. The molecule has 0 fully saturated rings. The van der Waals surface area contributed by atoms with Gasteiger partial charge in [-0.05, 0) is 24.6 Å². The summed E-state index contributed by atoms with van der Waals surface area (Å²) in [6.45, 7) is 1.70. The van der Waals surface area contributed by atoms with Crippen molar-refractivity contribution in [3.63, 3.8) is 0 Å². The number of nitrogens with zero attached hydrogens (tertiary/aromatic N) is 1. The van der Waals surface area contributed by atoms with Gasteiger partial charge in [-0.1, -0.05) is 18.3 Å². The second-order valence-electron chi connectivity index (χ2n) is 4.88. The van der Waals surface area contributed by atoms with Gasteiger partial charge in [-0.2, -0.15) is 5.26 Å². The highest BCUT2D eigenvalue weighted by molar-refractivity contribution is 7.71. The van der Waals surface area contributed by atoms with Gasteiger partial charge >= 0.3 is 5.97 Å². The Hall–Kier alpha value is -2.85. The van der Waals surface area contributed by atoms with Crippen LogP contribution in [0.2, 0.25) is 0 Å². The van der Waals surface area contributed by atoms with Crippen molar-refractivity contribution >= 4 is 18.2 Å². The molecular formula is C17H16N2O4S. The van der Waals surface area contributed by atoms with Crippen LogP contribution >= 0.6 is 12.2 Å². The van der Waals surface area contributed by atoms with Gasteiger partial charge in [0.15, 0.2) is 11.5 Å². The topological polar surface area (TPSA) is 84.3 Å². The predicted octanol–water partition coefficient (Wildman–Crippen LogP) is 3.40. The van der Waals surface area contributed by atoms with Crippen molar-refractivity contribution in [2.24, 2.45) is 0 Å². The minimum atomic E-state index is -0.556. The van der Waals surface area contributed by atoms with Gasteiger partial charge in [0.1, 0.15) is 10.7 Å². The molecule has 2 aromatic rings. The van der Waals surface area contributed by atoms with Crippen LogP contribution < -0.4 is 9.47 Å². The molecule has 2 rings (SSSR count). The van der Waals surface area contributed by atoms with Crippen LogP contribution in [0.5, 0.6) is 11.5 Å². The molecule has 1 heterocycles. The Morgan fingerprint density at radius 3 is 2.42 bits per heavy atom. The van der Waals surface area contributed by atoms with E-state index < -0.39 is 5.97 Å². The fourth-order valence-electron chi connectivity index (χ4n) is 2.47. The number of nitriles is 1. The summed E-state index contributed by atoms with van der Waals surface area (Å²) in [6.07, 6.45) is 0. The second kappa shape index (κ2) is 7.15. The minimum absolute atomic E-state index is 0.197. The largest absolute Gasteiger partial charge is 0.493 e. The van der Waals surface area contributed by atoms with E-state index in [1.165, 1.54) is 21.3 Å². The normalized spacial score (nSPS) is 9.96. The highest BCUT2D eigenvalue weighted by Gasteiger charge is 2.22. The number of carbonyl (C=O) groups is 1. The van der Waals surface area contributed by atoms with E-state index in [1.54, 1.807) is 25.1 Å². The van der Waals surface area contributed by atoms with E-state index in [0.717, 1.165) is 0 Å². The van der Waals surface area contributed by atoms with E-state index in [9.17, 15) is 10.1 Å². The lowest BCUT2D eigenvalue weighted by Gasteiger charge is -2.15. The van der Waals surface area contributed by atoms with E-state index >= 15 is 0 Å². The number of benzene rings is 1. The molecular weight excluding hydrogens is 328 g/mol. The molecule has 0 aliphatic carbocycles. The summed E-state index contributed by atoms with van der Waals surface area (Å²) in [7, 11) is 4.32. The molecule has 124 valence electrons. The number of aryl methyl sites for hydroxylation is 1. The first-order valence-electron chi connectivity index (χ1n) is 6.96. The summed E-state index contributed by atoms with van der Waals surface area (Å²) in [5.41, 5.74) is 1.99. The molecule has 0 saturated carbocycles. The van der Waals surface area contributed by atoms with Gasteiger partial charge in [-0.3, -0.25) is 0 Å². The number of H-pyrrole nitrogens is 1. The molecule has 7 heteroatoms. The number of hydrogen-bond donors (Lipinski definition) is 1. The van der Waals surface area contributed by atoms with Crippen LogP contribution in [0.25, 0.3) is 11.1 Å². The summed E-state index contributed by atoms with van der Waals surface area (Å²) in [5.74, 6) is 0.461. The average Bonchev–Trinajstić information content (AvgIpc) is 2.59. The Labute approximate surface area is 144 Å². The lowest BCUT2D eigenvalue weighted by molar-refractivity contribution is 0.0600. The molecule has 6 nitrogen and oxygen atoms in total. The maximum Gasteiger partial charge on any atom is 0.340 e. The Balaban J connectivity index is 2.89. The van der Waals surface area contributed by atoms with Crippen LogP contribution in [-0.2, 0) is 4.74 Å². The van der Waals surface area contributed by atoms with Crippen LogP contribution in [-0.4, -0.2) is 32.3 Å². The SMILES string of the molecule is COC(=O)c1c(C)[nH]c(=S)c(C#N)c1-c1ccc(OC)c(OC)c1. The van der Waals surface area contributed by atoms with Gasteiger partial charge in [0, 0.05) is 11.3 Å². The van der Waals surface area contributed by atoms with Crippen LogP contribution in [0.4, 0.5) is 0 Å². The van der Waals surface area contributed by atoms with Crippen molar-refractivity contribution in [2.45, 2.75) is 6.92 Å². The molecule has 0 spiro atoms. The van der Waals surface area contributed by atoms with E-state index in [1.807, 2.05) is 0 Å². The number of aromatic nitrogens is 1. The number of aromatic amines is 1. The fourth-order valence-corrected chi connectivity index (χ4v) is 2.77. The van der Waals surface area contributed by atoms with Crippen LogP contribution in [0.15, 0.2) is 18.2 Å². The first-order chi connectivity index (χ1) is 11.5. The van der Waals surface area contributed by atoms with Crippen LogP contribution in [0.3, 0.4) is 0 Å². The van der Waals surface area contributed by atoms with Crippen molar-refractivity contribution in [1.82, 2.24) is 4.98 Å². The third-order valence-corrected chi connectivity index (χ3v) is 3.88. The van der Waals surface area contributed by atoms with E-state index in [4.69, 9.17) is 26.4 Å². The zero-order valence-corrected chi connectivity index (χ0v) is 14.5. The number of ether oxygens (including phenoxy) is 3. The van der Waals surface area contributed by atoms with Crippen molar-refractivity contribution in [3.05, 3.63) is 39.7 Å². The number of methoxy groups -OCH3 is 3. The molecule has 0 aliphatic heterocycles. The fraction of sp³-hybridized carbons (Fsp3) is 0.235. The first-order valence-corrected chi connectivity index (χ1v) is 7.37. The number of nitrogens with one attached hydrogen (secondary N) is 1. The lowest BCUT2D eigenvalue weighted by atomic mass is 9.94. The van der Waals surface area contributed by atoms with E-state index in [2.05, 4.69) is 11.1 Å². The van der Waals surface area contributed by atoms with Crippen molar-refractivity contribution in [2.75, 3.05) is 21.3 Å². The Kier molecular flexibility index (Phi) is 5.21. The third kappa shape index (κ3) is 2.96. The summed E-state index contributed by atoms with van der Waals surface area (Å²) in [4.78, 5) is 15.1. The molecule has 1 aromatic carbocycles. The quantitative estimate of drug-likeness (QED) is 0.676. The summed E-state index contributed by atoms with van der Waals surface area (Å²) in [6, 6.07) is 7.18. The molecule has 1 aromatic heterocycles. The maximum atomic E-state index is 12.2. The molecule has 1 N–H and O–H groups in total. The third-order valence-electron chi connectivity index (χ3n) is 3.58. The van der Waals surface area contributed by atoms with Crippen molar-refractivity contribution < 1.29 is 19.0 Å². The molecule has 0 saturated heterocycles. The zero-order chi connectivity index (χ0) is 17.9. The summed E-state index contributed by atoms with van der Waals surface area (Å²) in [5, 5.41) is 9.51. The number of hydrogen-bond acceptors (Lipinski definition) is 6. The molecule has 0 radical (unpaired) electrons. The van der Waals surface area contributed by atoms with E-state index in [0.29, 0.717) is 28.3 Å². The summed E-state index contributed by atoms with van der Waals surface area (Å²) >= 11 is 5.23. The number of rotatable bonds is 4. The lowest BCUT2D eigenvalue weighted by Crippen LogP contribution is -2.10. The van der Waals surface area contributed by atoms with Crippen LogP contribution in [0, 0.1) is 22.9 Å². The number of pyridine rings is 1. The van der Waals surface area contributed by atoms with Gasteiger partial charge in [0.2, 0.25) is 0 Å². The molecule has 0 atom stereocenters. The highest BCUT2D eigenvalue weighted by atomic mass is 32.1. The molecule has 24 heavy (non-hydrogen) atoms. The predicted molar refractivity (Wildman–Crippen MR) is 91.0 cm³/mol. The van der Waals surface area contributed by atoms with Gasteiger partial charge in [-0.15, -0.1) is 0 Å². The van der Waals surface area contributed by atoms with Gasteiger partial charge in [0.05, 0.1) is 32.5 Å². The van der Waals surface area contributed by atoms with Crippen molar-refractivity contribution in [3.8, 4) is 28.7 Å². The minimum Gasteiger partial charge on any atom is -0.493 e. The second-order valence-corrected chi connectivity index (χ2v) is 5.29. The zero-order valence-electron chi connectivity index (χ0n) is 13.7. The molecule has 0 bridgehead atoms. The first kappa shape index (κ1) is 17.5. The molecule has 0 aliphatic rings.